The molecule has 0 radical (unpaired) electrons. The highest BCUT2D eigenvalue weighted by Crippen LogP contribution is 2.46. The number of aromatic nitrogens is 5. The van der Waals surface area contributed by atoms with E-state index >= 15 is 0 Å². The minimum absolute atomic E-state index is 0.0875. The second-order valence-corrected chi connectivity index (χ2v) is 33.5. The Labute approximate surface area is 708 Å². The number of hydrogen-bond donors (Lipinski definition) is 0. The Bertz CT molecular complexity index is 8260. The number of para-hydroxylation sites is 8. The molecule has 0 bridgehead atoms. The van der Waals surface area contributed by atoms with E-state index in [0.717, 1.165) is 6.42 Å². The SMILES string of the molecule is CC(C)(C)c1cccc(-n2c3ccccc3c3cc(-c4ccc5c(c4)c4ccccc4n5-c4ccccc4)ccc32)c1.c1ccc(-c2ccccc2-n2c3ccccc3c3cc(-c4ccc5c(c4)c4ccccc4n5-c4ccccc4)ccc32)cc1.c1ccc2c(c1)Cc1ccc(-c3ccc4c(c3)c3ccccc3n4-c3ccc4ccccc4c3)cc1-2. The van der Waals surface area contributed by atoms with Crippen LogP contribution >= 0.6 is 0 Å². The molecule has 25 rings (SSSR count). The summed E-state index contributed by atoms with van der Waals surface area (Å²) < 4.78 is 12.0. The normalized spacial score (nSPS) is 12.0. The van der Waals surface area contributed by atoms with Crippen LogP contribution in [0, 0.1) is 0 Å². The predicted molar refractivity (Wildman–Crippen MR) is 517 cm³/mol. The molecule has 0 atom stereocenters. The number of hydrogen-bond acceptors (Lipinski definition) is 0. The fraction of sp³-hybridized carbons (Fsp3) is 0.0427. The van der Waals surface area contributed by atoms with Crippen molar-refractivity contribution in [2.75, 3.05) is 0 Å². The standard InChI is InChI=1S/C42H28N2.C40H32N2.C35H23N/c1-3-13-29(14-4-1)33-17-7-10-20-38(33)44-40-22-12-9-19-35(40)37-28-31(24-26-42(37)44)30-23-25-41-36(27-30)34-18-8-11-21-39(34)43(41)32-15-5-2-6-16-32;1-40(2,3)29-12-11-15-31(26-29)42-37-19-10-8-17-33(37)35-25-28(21-23-39(35)42)27-20-22-38-34(24-27)32-16-7-9-18-36(32)41(38)30-13-5-4-6-14-30;1-2-8-24-20-29(17-15-23(24)7-1)36-34-12-6-5-11-31(34)33-22-26(16-18-35(33)36)25-13-14-28-19-27-9-3-4-10-30(27)32(28)21-25/h1-28H;4-26H,1-3H3;1-18,20-22H,19H2. The molecular weight excluding hydrogens is 1480 g/mol. The van der Waals surface area contributed by atoms with Crippen molar-refractivity contribution < 1.29 is 0 Å². The van der Waals surface area contributed by atoms with Gasteiger partial charge in [0.05, 0.1) is 60.9 Å². The van der Waals surface area contributed by atoms with Crippen LogP contribution in [0.2, 0.25) is 0 Å². The van der Waals surface area contributed by atoms with Crippen molar-refractivity contribution >= 4 is 120 Å². The van der Waals surface area contributed by atoms with Gasteiger partial charge < -0.3 is 22.8 Å². The second-order valence-electron chi connectivity index (χ2n) is 33.5. The summed E-state index contributed by atoms with van der Waals surface area (Å²) in [6.45, 7) is 6.83. The van der Waals surface area contributed by atoms with Crippen LogP contribution < -0.4 is 0 Å². The first-order valence-electron chi connectivity index (χ1n) is 42.4. The molecular formula is C117H83N5. The van der Waals surface area contributed by atoms with Crippen LogP contribution in [0.5, 0.6) is 0 Å². The molecule has 0 amide bonds. The van der Waals surface area contributed by atoms with Crippen molar-refractivity contribution in [1.29, 1.82) is 0 Å². The van der Waals surface area contributed by atoms with Gasteiger partial charge in [0.2, 0.25) is 0 Å². The third-order valence-electron chi connectivity index (χ3n) is 25.4. The predicted octanol–water partition coefficient (Wildman–Crippen LogP) is 31.2. The van der Waals surface area contributed by atoms with Crippen molar-refractivity contribution in [1.82, 2.24) is 22.8 Å². The highest BCUT2D eigenvalue weighted by atomic mass is 15.0. The Kier molecular flexibility index (Phi) is 17.2. The minimum Gasteiger partial charge on any atom is -0.309 e. The first-order valence-corrected chi connectivity index (χ1v) is 42.4. The van der Waals surface area contributed by atoms with Gasteiger partial charge in [-0.3, -0.25) is 0 Å². The third kappa shape index (κ3) is 12.1. The minimum atomic E-state index is 0.0875. The second kappa shape index (κ2) is 29.2. The first-order chi connectivity index (χ1) is 60.2. The molecule has 19 aromatic carbocycles. The number of nitrogens with zero attached hydrogens (tertiary/aromatic N) is 5. The fourth-order valence-corrected chi connectivity index (χ4v) is 19.5. The lowest BCUT2D eigenvalue weighted by atomic mass is 9.87. The summed E-state index contributed by atoms with van der Waals surface area (Å²) in [5.74, 6) is 0. The van der Waals surface area contributed by atoms with E-state index in [1.165, 1.54) is 221 Å². The molecule has 0 spiro atoms. The number of fused-ring (bicyclic) bond motifs is 19. The maximum absolute atomic E-state index is 2.42. The maximum atomic E-state index is 2.42. The smallest absolute Gasteiger partial charge is 0.0541 e. The van der Waals surface area contributed by atoms with E-state index in [1.54, 1.807) is 0 Å². The number of benzene rings is 19. The molecule has 0 unspecified atom stereocenters. The van der Waals surface area contributed by atoms with E-state index in [0.29, 0.717) is 0 Å². The van der Waals surface area contributed by atoms with Gasteiger partial charge in [-0.2, -0.15) is 0 Å². The fourth-order valence-electron chi connectivity index (χ4n) is 19.5. The highest BCUT2D eigenvalue weighted by molar-refractivity contribution is 6.16. The lowest BCUT2D eigenvalue weighted by Crippen LogP contribution is -2.11. The van der Waals surface area contributed by atoms with Crippen molar-refractivity contribution in [3.63, 3.8) is 0 Å². The lowest BCUT2D eigenvalue weighted by molar-refractivity contribution is 0.590. The maximum Gasteiger partial charge on any atom is 0.0541 e. The lowest BCUT2D eigenvalue weighted by Gasteiger charge is -2.20. The first kappa shape index (κ1) is 71.7. The van der Waals surface area contributed by atoms with Crippen molar-refractivity contribution in [3.8, 4) is 84.1 Å². The molecule has 122 heavy (non-hydrogen) atoms. The summed E-state index contributed by atoms with van der Waals surface area (Å²) >= 11 is 0. The Morgan fingerprint density at radius 3 is 0.975 bits per heavy atom. The molecule has 5 aromatic heterocycles. The van der Waals surface area contributed by atoms with Gasteiger partial charge in [0.25, 0.3) is 0 Å². The zero-order chi connectivity index (χ0) is 81.1. The quantitative estimate of drug-likeness (QED) is 0.138. The van der Waals surface area contributed by atoms with Crippen LogP contribution in [0.3, 0.4) is 0 Å². The Hall–Kier alpha value is -15.6. The van der Waals surface area contributed by atoms with Crippen molar-refractivity contribution in [2.24, 2.45) is 0 Å². The number of rotatable bonds is 9. The summed E-state index contributed by atoms with van der Waals surface area (Å²) in [6.07, 6.45) is 1.03. The molecule has 24 aromatic rings. The monoisotopic (exact) mass is 1560 g/mol. The molecule has 5 heterocycles. The van der Waals surface area contributed by atoms with Gasteiger partial charge in [0.1, 0.15) is 0 Å². The summed E-state index contributed by atoms with van der Waals surface area (Å²) in [4.78, 5) is 0. The van der Waals surface area contributed by atoms with E-state index in [2.05, 4.69) is 480 Å². The summed E-state index contributed by atoms with van der Waals surface area (Å²) in [7, 11) is 0. The van der Waals surface area contributed by atoms with Gasteiger partial charge in [0, 0.05) is 82.2 Å². The molecule has 5 heteroatoms. The Morgan fingerprint density at radius 1 is 0.180 bits per heavy atom. The molecule has 576 valence electrons. The molecule has 0 fully saturated rings. The van der Waals surface area contributed by atoms with Gasteiger partial charge >= 0.3 is 0 Å². The van der Waals surface area contributed by atoms with Crippen molar-refractivity contribution in [3.05, 3.63) is 453 Å². The van der Waals surface area contributed by atoms with Gasteiger partial charge in [-0.05, 0) is 241 Å². The van der Waals surface area contributed by atoms with E-state index in [-0.39, 0.29) is 5.41 Å². The zero-order valence-corrected chi connectivity index (χ0v) is 68.0. The van der Waals surface area contributed by atoms with Gasteiger partial charge in [-0.25, -0.2) is 0 Å². The molecule has 5 nitrogen and oxygen atoms in total. The third-order valence-corrected chi connectivity index (χ3v) is 25.4. The average molecular weight is 1560 g/mol. The van der Waals surface area contributed by atoms with Crippen LogP contribution in [-0.2, 0) is 11.8 Å². The van der Waals surface area contributed by atoms with Crippen LogP contribution in [0.1, 0.15) is 37.5 Å². The summed E-state index contributed by atoms with van der Waals surface area (Å²) in [5.41, 5.74) is 35.1. The zero-order valence-electron chi connectivity index (χ0n) is 68.0. The topological polar surface area (TPSA) is 24.6 Å². The van der Waals surface area contributed by atoms with E-state index < -0.39 is 0 Å². The molecule has 0 aliphatic heterocycles. The molecule has 0 N–H and O–H groups in total. The largest absolute Gasteiger partial charge is 0.309 e. The molecule has 0 saturated carbocycles. The Morgan fingerprint density at radius 2 is 0.508 bits per heavy atom. The van der Waals surface area contributed by atoms with Crippen LogP contribution in [0.25, 0.3) is 204 Å². The molecule has 1 aliphatic carbocycles. The highest BCUT2D eigenvalue weighted by Gasteiger charge is 2.24. The summed E-state index contributed by atoms with van der Waals surface area (Å²) in [5, 5.41) is 15.2. The van der Waals surface area contributed by atoms with E-state index in [4.69, 9.17) is 0 Å². The van der Waals surface area contributed by atoms with E-state index in [1.807, 2.05) is 0 Å². The summed E-state index contributed by atoms with van der Waals surface area (Å²) in [6, 6.07) is 159. The van der Waals surface area contributed by atoms with E-state index in [9.17, 15) is 0 Å². The van der Waals surface area contributed by atoms with Gasteiger partial charge in [0.15, 0.2) is 0 Å². The molecule has 1 aliphatic rings. The molecule has 0 saturated heterocycles. The average Bonchev–Trinajstić information content (AvgIpc) is 1.60. The van der Waals surface area contributed by atoms with Crippen molar-refractivity contribution in [2.45, 2.75) is 32.6 Å². The van der Waals surface area contributed by atoms with Gasteiger partial charge in [-0.1, -0.05) is 306 Å². The van der Waals surface area contributed by atoms with Crippen LogP contribution in [0.15, 0.2) is 437 Å². The van der Waals surface area contributed by atoms with Gasteiger partial charge in [-0.15, -0.1) is 0 Å². The van der Waals surface area contributed by atoms with Crippen LogP contribution in [-0.4, -0.2) is 22.8 Å². The van der Waals surface area contributed by atoms with Crippen LogP contribution in [0.4, 0.5) is 0 Å². The Balaban J connectivity index is 0.000000107.